The van der Waals surface area contributed by atoms with E-state index in [0.717, 1.165) is 0 Å². The molecule has 30 heavy (non-hydrogen) atoms. The molecule has 1 aliphatic heterocycles. The highest BCUT2D eigenvalue weighted by atomic mass is 35.5. The lowest BCUT2D eigenvalue weighted by atomic mass is 10.2. The van der Waals surface area contributed by atoms with Crippen LogP contribution in [0, 0.1) is 0 Å². The molecule has 0 unspecified atom stereocenters. The molecule has 1 heterocycles. The molecule has 0 aromatic heterocycles. The molecular formula is C22H23ClN2O5. The summed E-state index contributed by atoms with van der Waals surface area (Å²) in [6.07, 6.45) is -0.0932. The Labute approximate surface area is 180 Å². The van der Waals surface area contributed by atoms with E-state index in [0.29, 0.717) is 54.5 Å². The average molecular weight is 431 g/mol. The Morgan fingerprint density at radius 2 is 1.33 bits per heavy atom. The molecule has 0 spiro atoms. The van der Waals surface area contributed by atoms with Gasteiger partial charge in [0.15, 0.2) is 0 Å². The Morgan fingerprint density at radius 1 is 0.833 bits per heavy atom. The van der Waals surface area contributed by atoms with Crippen molar-refractivity contribution in [1.29, 1.82) is 0 Å². The number of carbonyl (C=O) groups excluding carboxylic acids is 3. The highest BCUT2D eigenvalue weighted by Gasteiger charge is 2.23. The van der Waals surface area contributed by atoms with Crippen LogP contribution in [0.3, 0.4) is 0 Å². The van der Waals surface area contributed by atoms with E-state index in [4.69, 9.17) is 21.1 Å². The first-order valence-electron chi connectivity index (χ1n) is 9.76. The Morgan fingerprint density at radius 3 is 1.83 bits per heavy atom. The number of rotatable bonds is 4. The van der Waals surface area contributed by atoms with Crippen LogP contribution in [0.1, 0.15) is 34.1 Å². The third-order valence-electron chi connectivity index (χ3n) is 4.73. The monoisotopic (exact) mass is 430 g/mol. The molecule has 1 aliphatic rings. The summed E-state index contributed by atoms with van der Waals surface area (Å²) in [6.45, 7) is 3.95. The van der Waals surface area contributed by atoms with Crippen molar-refractivity contribution in [3.05, 3.63) is 64.7 Å². The van der Waals surface area contributed by atoms with Crippen molar-refractivity contribution in [1.82, 2.24) is 9.80 Å². The topological polar surface area (TPSA) is 76.2 Å². The molecule has 0 saturated carbocycles. The van der Waals surface area contributed by atoms with Gasteiger partial charge in [-0.2, -0.15) is 0 Å². The molecule has 3 rings (SSSR count). The summed E-state index contributed by atoms with van der Waals surface area (Å²) in [7, 11) is 0. The van der Waals surface area contributed by atoms with Gasteiger partial charge in [-0.15, -0.1) is 0 Å². The largest absolute Gasteiger partial charge is 0.513 e. The van der Waals surface area contributed by atoms with Crippen LogP contribution in [-0.4, -0.2) is 60.6 Å². The number of nitrogens with zero attached hydrogens (tertiary/aromatic N) is 2. The van der Waals surface area contributed by atoms with E-state index in [1.807, 2.05) is 0 Å². The van der Waals surface area contributed by atoms with Crippen molar-refractivity contribution in [3.8, 4) is 5.75 Å². The maximum atomic E-state index is 12.8. The van der Waals surface area contributed by atoms with Crippen LogP contribution in [0.2, 0.25) is 5.02 Å². The van der Waals surface area contributed by atoms with Gasteiger partial charge in [-0.05, 0) is 61.9 Å². The lowest BCUT2D eigenvalue weighted by Gasteiger charge is -2.22. The van der Waals surface area contributed by atoms with E-state index >= 15 is 0 Å². The maximum absolute atomic E-state index is 12.8. The molecule has 0 radical (unpaired) electrons. The van der Waals surface area contributed by atoms with Crippen molar-refractivity contribution in [2.75, 3.05) is 32.8 Å². The minimum absolute atomic E-state index is 0.0681. The summed E-state index contributed by atoms with van der Waals surface area (Å²) in [6, 6.07) is 13.1. The van der Waals surface area contributed by atoms with E-state index in [1.165, 1.54) is 0 Å². The summed E-state index contributed by atoms with van der Waals surface area (Å²) < 4.78 is 9.73. The van der Waals surface area contributed by atoms with Gasteiger partial charge in [0.1, 0.15) is 5.75 Å². The van der Waals surface area contributed by atoms with E-state index in [1.54, 1.807) is 65.3 Å². The molecule has 8 heteroatoms. The summed E-state index contributed by atoms with van der Waals surface area (Å²) in [5.74, 6) is 0.112. The van der Waals surface area contributed by atoms with Crippen molar-refractivity contribution in [2.24, 2.45) is 0 Å². The second-order valence-electron chi connectivity index (χ2n) is 6.75. The molecule has 0 aliphatic carbocycles. The fourth-order valence-corrected chi connectivity index (χ4v) is 3.32. The predicted molar refractivity (Wildman–Crippen MR) is 112 cm³/mol. The van der Waals surface area contributed by atoms with E-state index in [-0.39, 0.29) is 18.4 Å². The average Bonchev–Trinajstić information content (AvgIpc) is 3.00. The van der Waals surface area contributed by atoms with Crippen molar-refractivity contribution < 1.29 is 23.9 Å². The number of halogens is 1. The Bertz CT molecular complexity index is 899. The Kier molecular flexibility index (Phi) is 7.30. The van der Waals surface area contributed by atoms with Gasteiger partial charge in [0.05, 0.1) is 6.61 Å². The third-order valence-corrected chi connectivity index (χ3v) is 4.98. The highest BCUT2D eigenvalue weighted by molar-refractivity contribution is 6.30. The zero-order chi connectivity index (χ0) is 21.5. The van der Waals surface area contributed by atoms with Crippen LogP contribution in [0.25, 0.3) is 0 Å². The van der Waals surface area contributed by atoms with Crippen LogP contribution in [0.5, 0.6) is 5.75 Å². The van der Waals surface area contributed by atoms with Gasteiger partial charge in [0.25, 0.3) is 11.8 Å². The summed E-state index contributed by atoms with van der Waals surface area (Å²) in [5, 5.41) is 0.581. The summed E-state index contributed by atoms with van der Waals surface area (Å²) in [5.41, 5.74) is 1.07. The Balaban J connectivity index is 1.59. The minimum atomic E-state index is -0.783. The molecule has 2 amide bonds. The van der Waals surface area contributed by atoms with Crippen molar-refractivity contribution in [2.45, 2.75) is 13.3 Å². The van der Waals surface area contributed by atoms with Crippen LogP contribution in [-0.2, 0) is 4.74 Å². The Hall–Kier alpha value is -3.06. The van der Waals surface area contributed by atoms with Gasteiger partial charge in [0, 0.05) is 42.3 Å². The van der Waals surface area contributed by atoms with Gasteiger partial charge in [-0.1, -0.05) is 11.6 Å². The molecule has 0 atom stereocenters. The molecule has 0 N–H and O–H groups in total. The first-order chi connectivity index (χ1) is 14.5. The van der Waals surface area contributed by atoms with E-state index < -0.39 is 6.16 Å². The normalized spacial score (nSPS) is 14.1. The summed E-state index contributed by atoms with van der Waals surface area (Å²) in [4.78, 5) is 40.4. The van der Waals surface area contributed by atoms with Crippen LogP contribution in [0.4, 0.5) is 4.79 Å². The molecule has 0 bridgehead atoms. The molecule has 2 aromatic rings. The number of hydrogen-bond acceptors (Lipinski definition) is 5. The third kappa shape index (κ3) is 5.51. The smallest absolute Gasteiger partial charge is 0.434 e. The van der Waals surface area contributed by atoms with Gasteiger partial charge in [-0.3, -0.25) is 9.59 Å². The van der Waals surface area contributed by atoms with Gasteiger partial charge in [-0.25, -0.2) is 4.79 Å². The lowest BCUT2D eigenvalue weighted by Crippen LogP contribution is -2.37. The van der Waals surface area contributed by atoms with Crippen LogP contribution in [0.15, 0.2) is 48.5 Å². The summed E-state index contributed by atoms with van der Waals surface area (Å²) >= 11 is 5.89. The number of hydrogen-bond donors (Lipinski definition) is 0. The number of benzene rings is 2. The molecule has 1 saturated heterocycles. The van der Waals surface area contributed by atoms with Crippen molar-refractivity contribution in [3.63, 3.8) is 0 Å². The standard InChI is InChI=1S/C22H23ClN2O5/c1-2-29-22(28)30-19-10-6-17(7-11-19)21(27)25-13-3-12-24(14-15-25)20(26)16-4-8-18(23)9-5-16/h4-11H,2-3,12-15H2,1H3. The van der Waals surface area contributed by atoms with Crippen LogP contribution < -0.4 is 4.74 Å². The van der Waals surface area contributed by atoms with Gasteiger partial charge >= 0.3 is 6.16 Å². The molecule has 158 valence electrons. The second kappa shape index (κ2) is 10.1. The first kappa shape index (κ1) is 21.6. The van der Waals surface area contributed by atoms with Crippen LogP contribution >= 0.6 is 11.6 Å². The minimum Gasteiger partial charge on any atom is -0.434 e. The maximum Gasteiger partial charge on any atom is 0.513 e. The zero-order valence-corrected chi connectivity index (χ0v) is 17.4. The second-order valence-corrected chi connectivity index (χ2v) is 7.19. The van der Waals surface area contributed by atoms with Gasteiger partial charge < -0.3 is 19.3 Å². The van der Waals surface area contributed by atoms with E-state index in [2.05, 4.69) is 0 Å². The number of ether oxygens (including phenoxy) is 2. The lowest BCUT2D eigenvalue weighted by molar-refractivity contribution is 0.0718. The highest BCUT2D eigenvalue weighted by Crippen LogP contribution is 2.17. The fourth-order valence-electron chi connectivity index (χ4n) is 3.19. The SMILES string of the molecule is CCOC(=O)Oc1ccc(C(=O)N2CCCN(C(=O)c3ccc(Cl)cc3)CC2)cc1. The predicted octanol–water partition coefficient (Wildman–Crippen LogP) is 3.86. The van der Waals surface area contributed by atoms with Gasteiger partial charge in [0.2, 0.25) is 0 Å². The number of carbonyl (C=O) groups is 3. The first-order valence-corrected chi connectivity index (χ1v) is 10.1. The van der Waals surface area contributed by atoms with E-state index in [9.17, 15) is 14.4 Å². The zero-order valence-electron chi connectivity index (χ0n) is 16.7. The molecule has 2 aromatic carbocycles. The fraction of sp³-hybridized carbons (Fsp3) is 0.318. The molecule has 1 fully saturated rings. The molecular weight excluding hydrogens is 408 g/mol. The number of amides is 2. The molecule has 7 nitrogen and oxygen atoms in total. The quantitative estimate of drug-likeness (QED) is 0.543. The van der Waals surface area contributed by atoms with Crippen molar-refractivity contribution >= 4 is 29.6 Å².